The second-order valence-corrected chi connectivity index (χ2v) is 8.63. The van der Waals surface area contributed by atoms with E-state index in [1.165, 1.54) is 11.3 Å². The summed E-state index contributed by atoms with van der Waals surface area (Å²) in [5.41, 5.74) is 1.06. The van der Waals surface area contributed by atoms with Gasteiger partial charge in [0.05, 0.1) is 0 Å². The third kappa shape index (κ3) is 3.74. The van der Waals surface area contributed by atoms with Gasteiger partial charge in [0.2, 0.25) is 0 Å². The van der Waals surface area contributed by atoms with Gasteiger partial charge in [0.1, 0.15) is 4.21 Å². The van der Waals surface area contributed by atoms with E-state index >= 15 is 0 Å². The molecule has 0 amide bonds. The third-order valence-corrected chi connectivity index (χ3v) is 7.30. The highest BCUT2D eigenvalue weighted by molar-refractivity contribution is 7.91. The summed E-state index contributed by atoms with van der Waals surface area (Å²) in [6.07, 6.45) is 1.90. The standard InChI is InChI=1S/C13H22N2O2S2.ClH/c1-10-8-13(18-11(10)2)19(16,17)15-6-4-12(5-7-15)9-14-3;/h8,12,14H,4-7,9H2,1-3H3;1H. The van der Waals surface area contributed by atoms with E-state index in [4.69, 9.17) is 0 Å². The number of rotatable bonds is 4. The van der Waals surface area contributed by atoms with Gasteiger partial charge < -0.3 is 5.32 Å². The molecule has 0 unspecified atom stereocenters. The maximum atomic E-state index is 12.5. The first-order chi connectivity index (χ1) is 8.95. The van der Waals surface area contributed by atoms with Gasteiger partial charge in [0, 0.05) is 18.0 Å². The number of halogens is 1. The maximum Gasteiger partial charge on any atom is 0.252 e. The fraction of sp³-hybridized carbons (Fsp3) is 0.692. The first-order valence-electron chi connectivity index (χ1n) is 6.67. The lowest BCUT2D eigenvalue weighted by atomic mass is 9.98. The summed E-state index contributed by atoms with van der Waals surface area (Å²) in [4.78, 5) is 1.09. The zero-order chi connectivity index (χ0) is 14.0. The molecule has 1 fully saturated rings. The molecular formula is C13H23ClN2O2S2. The molecule has 20 heavy (non-hydrogen) atoms. The molecule has 2 heterocycles. The van der Waals surface area contributed by atoms with Crippen LogP contribution in [0.15, 0.2) is 10.3 Å². The van der Waals surface area contributed by atoms with E-state index in [2.05, 4.69) is 5.32 Å². The van der Waals surface area contributed by atoms with Crippen molar-refractivity contribution in [2.75, 3.05) is 26.7 Å². The summed E-state index contributed by atoms with van der Waals surface area (Å²) in [6, 6.07) is 1.80. The average Bonchev–Trinajstić information content (AvgIpc) is 2.71. The van der Waals surface area contributed by atoms with Crippen molar-refractivity contribution in [3.05, 3.63) is 16.5 Å². The molecule has 2 rings (SSSR count). The first-order valence-corrected chi connectivity index (χ1v) is 8.92. The molecule has 0 bridgehead atoms. The molecule has 1 aliphatic heterocycles. The van der Waals surface area contributed by atoms with Gasteiger partial charge in [-0.15, -0.1) is 23.7 Å². The summed E-state index contributed by atoms with van der Waals surface area (Å²) in [6.45, 7) is 6.20. The van der Waals surface area contributed by atoms with Crippen molar-refractivity contribution < 1.29 is 8.42 Å². The van der Waals surface area contributed by atoms with Gasteiger partial charge in [-0.05, 0) is 57.8 Å². The topological polar surface area (TPSA) is 49.4 Å². The Morgan fingerprint density at radius 2 is 1.95 bits per heavy atom. The van der Waals surface area contributed by atoms with E-state index in [1.807, 2.05) is 20.9 Å². The van der Waals surface area contributed by atoms with Crippen LogP contribution < -0.4 is 5.32 Å². The minimum absolute atomic E-state index is 0. The number of hydrogen-bond donors (Lipinski definition) is 1. The fourth-order valence-electron chi connectivity index (χ4n) is 2.44. The number of piperidine rings is 1. The highest BCUT2D eigenvalue weighted by atomic mass is 35.5. The Hall–Kier alpha value is -0.140. The number of thiophene rings is 1. The fourth-order valence-corrected chi connectivity index (χ4v) is 5.58. The highest BCUT2D eigenvalue weighted by Crippen LogP contribution is 2.30. The summed E-state index contributed by atoms with van der Waals surface area (Å²) in [7, 11) is -1.33. The molecule has 0 atom stereocenters. The van der Waals surface area contributed by atoms with Gasteiger partial charge in [0.25, 0.3) is 10.0 Å². The number of nitrogens with one attached hydrogen (secondary N) is 1. The Bertz CT molecular complexity index is 515. The van der Waals surface area contributed by atoms with Crippen LogP contribution in [0.25, 0.3) is 0 Å². The molecule has 7 heteroatoms. The van der Waals surface area contributed by atoms with Crippen LogP contribution >= 0.6 is 23.7 Å². The van der Waals surface area contributed by atoms with Crippen LogP contribution in [-0.4, -0.2) is 39.4 Å². The van der Waals surface area contributed by atoms with Gasteiger partial charge in [-0.25, -0.2) is 8.42 Å². The lowest BCUT2D eigenvalue weighted by Crippen LogP contribution is -2.40. The zero-order valence-electron chi connectivity index (χ0n) is 12.2. The van der Waals surface area contributed by atoms with Crippen LogP contribution in [0.1, 0.15) is 23.3 Å². The molecule has 1 aromatic heterocycles. The molecule has 1 N–H and O–H groups in total. The Morgan fingerprint density at radius 3 is 2.40 bits per heavy atom. The van der Waals surface area contributed by atoms with Crippen molar-refractivity contribution >= 4 is 33.8 Å². The maximum absolute atomic E-state index is 12.5. The van der Waals surface area contributed by atoms with E-state index in [0.717, 1.165) is 29.8 Å². The monoisotopic (exact) mass is 338 g/mol. The quantitative estimate of drug-likeness (QED) is 0.917. The molecule has 1 aliphatic rings. The average molecular weight is 339 g/mol. The highest BCUT2D eigenvalue weighted by Gasteiger charge is 2.30. The van der Waals surface area contributed by atoms with E-state index in [-0.39, 0.29) is 12.4 Å². The Morgan fingerprint density at radius 1 is 1.35 bits per heavy atom. The Kier molecular flexibility index (Phi) is 6.47. The van der Waals surface area contributed by atoms with E-state index < -0.39 is 10.0 Å². The number of hydrogen-bond acceptors (Lipinski definition) is 4. The first kappa shape index (κ1) is 17.9. The van der Waals surface area contributed by atoms with Gasteiger partial charge in [-0.2, -0.15) is 4.31 Å². The predicted molar refractivity (Wildman–Crippen MR) is 86.5 cm³/mol. The van der Waals surface area contributed by atoms with E-state index in [9.17, 15) is 8.42 Å². The summed E-state index contributed by atoms with van der Waals surface area (Å²) >= 11 is 1.38. The minimum atomic E-state index is -3.27. The summed E-state index contributed by atoms with van der Waals surface area (Å²) in [5.74, 6) is 0.600. The van der Waals surface area contributed by atoms with E-state index in [0.29, 0.717) is 23.2 Å². The van der Waals surface area contributed by atoms with Crippen molar-refractivity contribution in [3.63, 3.8) is 0 Å². The van der Waals surface area contributed by atoms with Crippen LogP contribution in [0.2, 0.25) is 0 Å². The second kappa shape index (κ2) is 7.22. The second-order valence-electron chi connectivity index (χ2n) is 5.21. The van der Waals surface area contributed by atoms with Crippen molar-refractivity contribution in [3.8, 4) is 0 Å². The number of aryl methyl sites for hydroxylation is 2. The molecule has 116 valence electrons. The Labute approximate surface area is 132 Å². The van der Waals surface area contributed by atoms with Gasteiger partial charge in [-0.1, -0.05) is 0 Å². The molecule has 0 saturated carbocycles. The smallest absolute Gasteiger partial charge is 0.252 e. The van der Waals surface area contributed by atoms with Crippen molar-refractivity contribution in [1.82, 2.24) is 9.62 Å². The van der Waals surface area contributed by atoms with Crippen LogP contribution in [0, 0.1) is 19.8 Å². The number of nitrogens with zero attached hydrogens (tertiary/aromatic N) is 1. The molecule has 0 spiro atoms. The summed E-state index contributed by atoms with van der Waals surface area (Å²) in [5, 5.41) is 3.17. The third-order valence-electron chi connectivity index (χ3n) is 3.80. The summed E-state index contributed by atoms with van der Waals surface area (Å²) < 4.78 is 27.2. The van der Waals surface area contributed by atoms with Crippen LogP contribution in [0.4, 0.5) is 0 Å². The molecule has 0 radical (unpaired) electrons. The molecule has 1 saturated heterocycles. The van der Waals surface area contributed by atoms with Crippen molar-refractivity contribution in [2.45, 2.75) is 30.9 Å². The lowest BCUT2D eigenvalue weighted by molar-refractivity contribution is 0.271. The van der Waals surface area contributed by atoms with Crippen LogP contribution in [0.5, 0.6) is 0 Å². The van der Waals surface area contributed by atoms with Crippen molar-refractivity contribution in [1.29, 1.82) is 0 Å². The molecule has 0 aromatic carbocycles. The minimum Gasteiger partial charge on any atom is -0.319 e. The lowest BCUT2D eigenvalue weighted by Gasteiger charge is -2.30. The molecule has 1 aromatic rings. The normalized spacial score (nSPS) is 17.9. The largest absolute Gasteiger partial charge is 0.319 e. The predicted octanol–water partition coefficient (Wildman–Crippen LogP) is 2.41. The molecular weight excluding hydrogens is 316 g/mol. The number of sulfonamides is 1. The van der Waals surface area contributed by atoms with Crippen LogP contribution in [0.3, 0.4) is 0 Å². The van der Waals surface area contributed by atoms with Gasteiger partial charge in [-0.3, -0.25) is 0 Å². The molecule has 0 aliphatic carbocycles. The SMILES string of the molecule is CNCC1CCN(S(=O)(=O)c2cc(C)c(C)s2)CC1.Cl. The van der Waals surface area contributed by atoms with E-state index in [1.54, 1.807) is 10.4 Å². The van der Waals surface area contributed by atoms with Gasteiger partial charge >= 0.3 is 0 Å². The molecule has 4 nitrogen and oxygen atoms in total. The van der Waals surface area contributed by atoms with Crippen molar-refractivity contribution in [2.24, 2.45) is 5.92 Å². The van der Waals surface area contributed by atoms with Gasteiger partial charge in [0.15, 0.2) is 0 Å². The Balaban J connectivity index is 0.00000200. The van der Waals surface area contributed by atoms with Crippen LogP contribution in [-0.2, 0) is 10.0 Å². The zero-order valence-corrected chi connectivity index (χ0v) is 14.6.